The van der Waals surface area contributed by atoms with E-state index in [0.717, 1.165) is 60.7 Å². The predicted molar refractivity (Wildman–Crippen MR) is 143 cm³/mol. The summed E-state index contributed by atoms with van der Waals surface area (Å²) in [6.07, 6.45) is 4.92. The van der Waals surface area contributed by atoms with Gasteiger partial charge in [-0.05, 0) is 75.3 Å². The first-order valence-electron chi connectivity index (χ1n) is 12.6. The zero-order valence-corrected chi connectivity index (χ0v) is 21.2. The first-order chi connectivity index (χ1) is 17.5. The van der Waals surface area contributed by atoms with Crippen LogP contribution in [0.3, 0.4) is 0 Å². The first kappa shape index (κ1) is 24.0. The van der Waals surface area contributed by atoms with E-state index in [-0.39, 0.29) is 11.7 Å². The Morgan fingerprint density at radius 3 is 2.53 bits per heavy atom. The summed E-state index contributed by atoms with van der Waals surface area (Å²) in [5, 5.41) is 3.41. The van der Waals surface area contributed by atoms with Gasteiger partial charge in [0.25, 0.3) is 0 Å². The van der Waals surface area contributed by atoms with Crippen molar-refractivity contribution in [2.24, 2.45) is 13.0 Å². The molecule has 1 saturated heterocycles. The van der Waals surface area contributed by atoms with Crippen LogP contribution >= 0.6 is 0 Å². The van der Waals surface area contributed by atoms with E-state index in [0.29, 0.717) is 17.9 Å². The zero-order valence-electron chi connectivity index (χ0n) is 21.2. The lowest BCUT2D eigenvalue weighted by Gasteiger charge is -2.27. The van der Waals surface area contributed by atoms with Crippen molar-refractivity contribution in [3.8, 4) is 11.5 Å². The number of nitrogens with zero attached hydrogens (tertiary/aromatic N) is 4. The fourth-order valence-electron chi connectivity index (χ4n) is 4.71. The number of ketones is 1. The minimum Gasteiger partial charge on any atom is -0.457 e. The van der Waals surface area contributed by atoms with Gasteiger partial charge in [0.1, 0.15) is 17.3 Å². The summed E-state index contributed by atoms with van der Waals surface area (Å²) >= 11 is 0. The largest absolute Gasteiger partial charge is 0.457 e. The molecule has 0 bridgehead atoms. The Hall–Kier alpha value is -3.71. The lowest BCUT2D eigenvalue weighted by atomic mass is 9.90. The monoisotopic (exact) mass is 483 g/mol. The smallest absolute Gasteiger partial charge is 0.208 e. The van der Waals surface area contributed by atoms with E-state index in [1.165, 1.54) is 5.56 Å². The fourth-order valence-corrected chi connectivity index (χ4v) is 4.71. The second-order valence-corrected chi connectivity index (χ2v) is 9.63. The summed E-state index contributed by atoms with van der Waals surface area (Å²) in [4.78, 5) is 24.2. The van der Waals surface area contributed by atoms with Gasteiger partial charge in [0.15, 0.2) is 0 Å². The first-order valence-corrected chi connectivity index (χ1v) is 12.6. The van der Waals surface area contributed by atoms with Crippen LogP contribution < -0.4 is 10.1 Å². The van der Waals surface area contributed by atoms with Crippen LogP contribution in [0.25, 0.3) is 11.0 Å². The summed E-state index contributed by atoms with van der Waals surface area (Å²) < 4.78 is 8.17. The average Bonchev–Trinajstić information content (AvgIpc) is 3.19. The molecule has 186 valence electrons. The molecule has 0 amide bonds. The molecule has 1 aliphatic heterocycles. The maximum absolute atomic E-state index is 12.8. The topological polar surface area (TPSA) is 72.3 Å². The molecular formula is C29H33N5O2. The van der Waals surface area contributed by atoms with Crippen molar-refractivity contribution < 1.29 is 9.53 Å². The molecule has 1 N–H and O–H groups in total. The highest BCUT2D eigenvalue weighted by atomic mass is 16.5. The number of likely N-dealkylation sites (tertiary alicyclic amines) is 1. The van der Waals surface area contributed by atoms with E-state index in [1.54, 1.807) is 6.20 Å². The van der Waals surface area contributed by atoms with Crippen molar-refractivity contribution in [3.05, 3.63) is 72.1 Å². The maximum Gasteiger partial charge on any atom is 0.208 e. The molecule has 4 aromatic rings. The van der Waals surface area contributed by atoms with Gasteiger partial charge in [-0.1, -0.05) is 19.1 Å². The molecule has 1 fully saturated rings. The third-order valence-corrected chi connectivity index (χ3v) is 7.02. The molecule has 0 saturated carbocycles. The van der Waals surface area contributed by atoms with Crippen LogP contribution in [0.1, 0.15) is 31.0 Å². The van der Waals surface area contributed by atoms with Crippen molar-refractivity contribution in [2.75, 3.05) is 25.5 Å². The lowest BCUT2D eigenvalue weighted by molar-refractivity contribution is -0.123. The molecule has 5 rings (SSSR count). The summed E-state index contributed by atoms with van der Waals surface area (Å²) in [7, 11) is 4.10. The Morgan fingerprint density at radius 2 is 1.78 bits per heavy atom. The van der Waals surface area contributed by atoms with Crippen LogP contribution in [0.15, 0.2) is 60.8 Å². The standard InChI is InChI=1S/C29H33N5O2/c1-4-20-5-7-22(8-6-20)31-29-32-26-19-24(9-10-27(26)34(29)3)36-25-11-14-30-23(17-25)18-28(35)21-12-15-33(2)16-13-21/h5-11,14,17,19,21H,4,12-13,15-16,18H2,1-3H3,(H,31,32). The van der Waals surface area contributed by atoms with Crippen molar-refractivity contribution >= 4 is 28.5 Å². The molecule has 3 heterocycles. The van der Waals surface area contributed by atoms with E-state index >= 15 is 0 Å². The minimum absolute atomic E-state index is 0.131. The van der Waals surface area contributed by atoms with Crippen LogP contribution in [0, 0.1) is 5.92 Å². The molecule has 2 aromatic carbocycles. The number of ether oxygens (including phenoxy) is 1. The highest BCUT2D eigenvalue weighted by Crippen LogP contribution is 2.28. The number of benzene rings is 2. The molecule has 0 spiro atoms. The van der Waals surface area contributed by atoms with Gasteiger partial charge in [-0.3, -0.25) is 9.78 Å². The van der Waals surface area contributed by atoms with Crippen LogP contribution in [0.4, 0.5) is 11.6 Å². The third kappa shape index (κ3) is 5.41. The van der Waals surface area contributed by atoms with Gasteiger partial charge in [0.05, 0.1) is 16.7 Å². The molecule has 36 heavy (non-hydrogen) atoms. The SMILES string of the molecule is CCc1ccc(Nc2nc3cc(Oc4ccnc(CC(=O)C5CCN(C)CC5)c4)ccc3n2C)cc1. The summed E-state index contributed by atoms with van der Waals surface area (Å²) in [5.41, 5.74) is 4.90. The number of nitrogens with one attached hydrogen (secondary N) is 1. The van der Waals surface area contributed by atoms with Crippen LogP contribution in [-0.2, 0) is 24.7 Å². The number of piperidine rings is 1. The zero-order chi connectivity index (χ0) is 25.1. The number of carbonyl (C=O) groups excluding carboxylic acids is 1. The third-order valence-electron chi connectivity index (χ3n) is 7.02. The van der Waals surface area contributed by atoms with Crippen molar-refractivity contribution in [1.82, 2.24) is 19.4 Å². The van der Waals surface area contributed by atoms with E-state index in [2.05, 4.69) is 53.4 Å². The number of imidazole rings is 1. The fraction of sp³-hybridized carbons (Fsp3) is 0.345. The van der Waals surface area contributed by atoms with Gasteiger partial charge in [0, 0.05) is 43.4 Å². The van der Waals surface area contributed by atoms with Crippen molar-refractivity contribution in [3.63, 3.8) is 0 Å². The van der Waals surface area contributed by atoms with Gasteiger partial charge in [-0.15, -0.1) is 0 Å². The Bertz CT molecular complexity index is 1350. The number of hydrogen-bond acceptors (Lipinski definition) is 6. The highest BCUT2D eigenvalue weighted by molar-refractivity contribution is 5.83. The van der Waals surface area contributed by atoms with E-state index in [9.17, 15) is 4.79 Å². The number of rotatable bonds is 8. The number of pyridine rings is 1. The Kier molecular flexibility index (Phi) is 7.00. The predicted octanol–water partition coefficient (Wildman–Crippen LogP) is 5.52. The highest BCUT2D eigenvalue weighted by Gasteiger charge is 2.23. The Morgan fingerprint density at radius 1 is 1.03 bits per heavy atom. The molecule has 1 aliphatic rings. The maximum atomic E-state index is 12.8. The van der Waals surface area contributed by atoms with Crippen molar-refractivity contribution in [1.29, 1.82) is 0 Å². The van der Waals surface area contributed by atoms with Crippen molar-refractivity contribution in [2.45, 2.75) is 32.6 Å². The molecular weight excluding hydrogens is 450 g/mol. The second-order valence-electron chi connectivity index (χ2n) is 9.63. The number of hydrogen-bond donors (Lipinski definition) is 1. The van der Waals surface area contributed by atoms with E-state index in [4.69, 9.17) is 9.72 Å². The molecule has 0 unspecified atom stereocenters. The summed E-state index contributed by atoms with van der Waals surface area (Å²) in [5.74, 6) is 2.53. The minimum atomic E-state index is 0.131. The normalized spacial score (nSPS) is 14.8. The molecule has 7 heteroatoms. The molecule has 0 atom stereocenters. The number of carbonyl (C=O) groups is 1. The number of aromatic nitrogens is 3. The van der Waals surface area contributed by atoms with Gasteiger partial charge in [0.2, 0.25) is 5.95 Å². The number of Topliss-reactive ketones (excluding diaryl/α,β-unsaturated/α-hetero) is 1. The summed E-state index contributed by atoms with van der Waals surface area (Å²) in [6, 6.07) is 18.0. The Balaban J connectivity index is 1.28. The van der Waals surface area contributed by atoms with Gasteiger partial charge < -0.3 is 19.5 Å². The number of fused-ring (bicyclic) bond motifs is 1. The lowest BCUT2D eigenvalue weighted by Crippen LogP contribution is -2.34. The van der Waals surface area contributed by atoms with Gasteiger partial charge >= 0.3 is 0 Å². The number of aryl methyl sites for hydroxylation is 2. The Labute approximate surface area is 212 Å². The number of anilines is 2. The quantitative estimate of drug-likeness (QED) is 0.356. The van der Waals surface area contributed by atoms with Gasteiger partial charge in [-0.2, -0.15) is 0 Å². The van der Waals surface area contributed by atoms with E-state index in [1.807, 2.05) is 41.9 Å². The van der Waals surface area contributed by atoms with Crippen LogP contribution in [0.2, 0.25) is 0 Å². The summed E-state index contributed by atoms with van der Waals surface area (Å²) in [6.45, 7) is 4.10. The molecule has 0 aliphatic carbocycles. The molecule has 0 radical (unpaired) electrons. The van der Waals surface area contributed by atoms with Crippen LogP contribution in [-0.4, -0.2) is 45.4 Å². The van der Waals surface area contributed by atoms with E-state index < -0.39 is 0 Å². The molecule has 2 aromatic heterocycles. The average molecular weight is 484 g/mol. The molecule has 7 nitrogen and oxygen atoms in total. The van der Waals surface area contributed by atoms with Crippen LogP contribution in [0.5, 0.6) is 11.5 Å². The second kappa shape index (κ2) is 10.5. The van der Waals surface area contributed by atoms with Gasteiger partial charge in [-0.25, -0.2) is 4.98 Å².